The number of aromatic nitrogens is 3. The number of para-hydroxylation sites is 1. The van der Waals surface area contributed by atoms with Crippen LogP contribution in [0.1, 0.15) is 17.3 Å². The van der Waals surface area contributed by atoms with Crippen LogP contribution in [0.15, 0.2) is 22.6 Å². The zero-order valence-electron chi connectivity index (χ0n) is 10.6. The minimum atomic E-state index is 0.400. The van der Waals surface area contributed by atoms with Gasteiger partial charge in [0.15, 0.2) is 0 Å². The van der Waals surface area contributed by atoms with Crippen molar-refractivity contribution in [2.24, 2.45) is 0 Å². The second-order valence-electron chi connectivity index (χ2n) is 4.41. The number of imidazole rings is 1. The van der Waals surface area contributed by atoms with Crippen LogP contribution in [0, 0.1) is 13.8 Å². The van der Waals surface area contributed by atoms with Crippen molar-refractivity contribution in [2.45, 2.75) is 20.4 Å². The summed E-state index contributed by atoms with van der Waals surface area (Å²) in [4.78, 5) is 8.63. The van der Waals surface area contributed by atoms with E-state index in [2.05, 4.69) is 9.97 Å². The summed E-state index contributed by atoms with van der Waals surface area (Å²) in [5.41, 5.74) is 8.39. The molecule has 2 N–H and O–H groups in total. The predicted octanol–water partition coefficient (Wildman–Crippen LogP) is 2.93. The zero-order chi connectivity index (χ0) is 13.6. The van der Waals surface area contributed by atoms with E-state index in [1.807, 2.05) is 30.5 Å². The Morgan fingerprint density at radius 3 is 2.79 bits per heavy atom. The molecule has 0 atom stereocenters. The zero-order valence-corrected chi connectivity index (χ0v) is 11.4. The Labute approximate surface area is 115 Å². The second-order valence-corrected chi connectivity index (χ2v) is 4.82. The molecular formula is C13H13ClN4O. The third kappa shape index (κ3) is 1.96. The van der Waals surface area contributed by atoms with Crippen molar-refractivity contribution in [1.29, 1.82) is 0 Å². The van der Waals surface area contributed by atoms with E-state index in [9.17, 15) is 0 Å². The van der Waals surface area contributed by atoms with Gasteiger partial charge in [-0.3, -0.25) is 0 Å². The summed E-state index contributed by atoms with van der Waals surface area (Å²) in [7, 11) is 0. The highest BCUT2D eigenvalue weighted by molar-refractivity contribution is 6.35. The number of benzene rings is 1. The van der Waals surface area contributed by atoms with E-state index in [0.717, 1.165) is 17.0 Å². The standard InChI is InChI=1S/C13H13ClN4O/c1-7-8(2)19-11(16-7)6-18-10-5-3-4-9(14)12(10)17-13(18)15/h3-5H,6H2,1-2H3,(H2,15,17). The van der Waals surface area contributed by atoms with Gasteiger partial charge < -0.3 is 14.7 Å². The summed E-state index contributed by atoms with van der Waals surface area (Å²) in [5, 5.41) is 0.586. The number of nitrogens with zero attached hydrogens (tertiary/aromatic N) is 3. The van der Waals surface area contributed by atoms with Crippen LogP contribution >= 0.6 is 11.6 Å². The normalized spacial score (nSPS) is 11.3. The lowest BCUT2D eigenvalue weighted by molar-refractivity contribution is 0.460. The van der Waals surface area contributed by atoms with Crippen LogP contribution < -0.4 is 5.73 Å². The van der Waals surface area contributed by atoms with Crippen molar-refractivity contribution >= 4 is 28.6 Å². The molecule has 0 saturated heterocycles. The molecule has 0 bridgehead atoms. The first-order chi connectivity index (χ1) is 9.06. The summed E-state index contributed by atoms with van der Waals surface area (Å²) < 4.78 is 7.41. The van der Waals surface area contributed by atoms with Gasteiger partial charge in [0.05, 0.1) is 16.2 Å². The van der Waals surface area contributed by atoms with Gasteiger partial charge >= 0.3 is 0 Å². The molecule has 0 amide bonds. The highest BCUT2D eigenvalue weighted by Crippen LogP contribution is 2.25. The Morgan fingerprint density at radius 1 is 1.32 bits per heavy atom. The molecule has 0 aliphatic carbocycles. The lowest BCUT2D eigenvalue weighted by atomic mass is 10.3. The number of nitrogens with two attached hydrogens (primary N) is 1. The monoisotopic (exact) mass is 276 g/mol. The Morgan fingerprint density at radius 2 is 2.11 bits per heavy atom. The molecule has 3 aromatic rings. The summed E-state index contributed by atoms with van der Waals surface area (Å²) in [6.07, 6.45) is 0. The highest BCUT2D eigenvalue weighted by atomic mass is 35.5. The van der Waals surface area contributed by atoms with E-state index in [1.165, 1.54) is 0 Å². The van der Waals surface area contributed by atoms with Gasteiger partial charge in [-0.2, -0.15) is 0 Å². The molecule has 0 aliphatic heterocycles. The number of oxazole rings is 1. The van der Waals surface area contributed by atoms with Gasteiger partial charge in [-0.15, -0.1) is 0 Å². The van der Waals surface area contributed by atoms with Gasteiger partial charge in [0, 0.05) is 0 Å². The van der Waals surface area contributed by atoms with Crippen LogP contribution in [0.3, 0.4) is 0 Å². The Hall–Kier alpha value is -2.01. The maximum absolute atomic E-state index is 6.10. The highest BCUT2D eigenvalue weighted by Gasteiger charge is 2.13. The van der Waals surface area contributed by atoms with Gasteiger partial charge in [-0.1, -0.05) is 17.7 Å². The van der Waals surface area contributed by atoms with Crippen molar-refractivity contribution in [1.82, 2.24) is 14.5 Å². The van der Waals surface area contributed by atoms with E-state index in [0.29, 0.717) is 28.9 Å². The molecule has 0 unspecified atom stereocenters. The molecule has 2 aromatic heterocycles. The molecule has 6 heteroatoms. The molecule has 19 heavy (non-hydrogen) atoms. The van der Waals surface area contributed by atoms with Crippen LogP contribution in [0.5, 0.6) is 0 Å². The number of fused-ring (bicyclic) bond motifs is 1. The van der Waals surface area contributed by atoms with E-state index in [-0.39, 0.29) is 0 Å². The van der Waals surface area contributed by atoms with Crippen molar-refractivity contribution < 1.29 is 4.42 Å². The van der Waals surface area contributed by atoms with Gasteiger partial charge in [-0.05, 0) is 26.0 Å². The minimum absolute atomic E-state index is 0.400. The molecule has 0 aliphatic rings. The predicted molar refractivity (Wildman–Crippen MR) is 74.2 cm³/mol. The van der Waals surface area contributed by atoms with Gasteiger partial charge in [0.25, 0.3) is 0 Å². The Bertz CT molecular complexity index is 740. The molecule has 2 heterocycles. The first-order valence-electron chi connectivity index (χ1n) is 5.89. The van der Waals surface area contributed by atoms with E-state index < -0.39 is 0 Å². The quantitative estimate of drug-likeness (QED) is 0.781. The van der Waals surface area contributed by atoms with Crippen molar-refractivity contribution in [3.8, 4) is 0 Å². The third-order valence-electron chi connectivity index (χ3n) is 3.13. The number of hydrogen-bond donors (Lipinski definition) is 1. The maximum Gasteiger partial charge on any atom is 0.214 e. The van der Waals surface area contributed by atoms with Crippen molar-refractivity contribution in [2.75, 3.05) is 5.73 Å². The fraction of sp³-hybridized carbons (Fsp3) is 0.231. The largest absolute Gasteiger partial charge is 0.444 e. The molecule has 0 fully saturated rings. The molecule has 98 valence electrons. The molecule has 1 aromatic carbocycles. The molecule has 0 spiro atoms. The van der Waals surface area contributed by atoms with Crippen LogP contribution in [-0.4, -0.2) is 14.5 Å². The first-order valence-corrected chi connectivity index (χ1v) is 6.27. The summed E-state index contributed by atoms with van der Waals surface area (Å²) in [6.45, 7) is 4.24. The first kappa shape index (κ1) is 12.0. The lowest BCUT2D eigenvalue weighted by Gasteiger charge is -2.02. The summed E-state index contributed by atoms with van der Waals surface area (Å²) in [6, 6.07) is 5.59. The second kappa shape index (κ2) is 4.28. The van der Waals surface area contributed by atoms with Crippen molar-refractivity contribution in [3.05, 3.63) is 40.6 Å². The van der Waals surface area contributed by atoms with Crippen molar-refractivity contribution in [3.63, 3.8) is 0 Å². The molecule has 3 rings (SSSR count). The maximum atomic E-state index is 6.10. The topological polar surface area (TPSA) is 69.9 Å². The van der Waals surface area contributed by atoms with E-state index >= 15 is 0 Å². The molecule has 0 saturated carbocycles. The number of rotatable bonds is 2. The SMILES string of the molecule is Cc1nc(Cn2c(N)nc3c(Cl)cccc32)oc1C. The number of hydrogen-bond acceptors (Lipinski definition) is 4. The van der Waals surface area contributed by atoms with Gasteiger partial charge in [0.1, 0.15) is 17.8 Å². The number of nitrogen functional groups attached to an aromatic ring is 1. The summed E-state index contributed by atoms with van der Waals surface area (Å²) in [5.74, 6) is 1.83. The van der Waals surface area contributed by atoms with Gasteiger partial charge in [0.2, 0.25) is 11.8 Å². The number of halogens is 1. The average molecular weight is 277 g/mol. The summed E-state index contributed by atoms with van der Waals surface area (Å²) >= 11 is 6.10. The van der Waals surface area contributed by atoms with Crippen LogP contribution in [0.4, 0.5) is 5.95 Å². The molecule has 0 radical (unpaired) electrons. The Balaban J connectivity index is 2.10. The number of aryl methyl sites for hydroxylation is 2. The molecule has 5 nitrogen and oxygen atoms in total. The van der Waals surface area contributed by atoms with E-state index in [1.54, 1.807) is 6.07 Å². The molecular weight excluding hydrogens is 264 g/mol. The van der Waals surface area contributed by atoms with E-state index in [4.69, 9.17) is 21.8 Å². The fourth-order valence-electron chi connectivity index (χ4n) is 2.04. The van der Waals surface area contributed by atoms with Crippen LogP contribution in [0.25, 0.3) is 11.0 Å². The van der Waals surface area contributed by atoms with Crippen LogP contribution in [-0.2, 0) is 6.54 Å². The smallest absolute Gasteiger partial charge is 0.214 e. The third-order valence-corrected chi connectivity index (χ3v) is 3.43. The number of anilines is 1. The Kier molecular flexibility index (Phi) is 2.71. The van der Waals surface area contributed by atoms with Crippen LogP contribution in [0.2, 0.25) is 5.02 Å². The van der Waals surface area contributed by atoms with Gasteiger partial charge in [-0.25, -0.2) is 9.97 Å². The lowest BCUT2D eigenvalue weighted by Crippen LogP contribution is -2.04. The fourth-order valence-corrected chi connectivity index (χ4v) is 2.25. The average Bonchev–Trinajstić information content (AvgIpc) is 2.84. The minimum Gasteiger partial charge on any atom is -0.444 e.